The molecule has 2 N–H and O–H groups in total. The number of carbonyl (C=O) groups is 3. The molecule has 2 rings (SSSR count). The minimum absolute atomic E-state index is 0.0810. The van der Waals surface area contributed by atoms with E-state index in [0.717, 1.165) is 0 Å². The van der Waals surface area contributed by atoms with Crippen LogP contribution >= 0.6 is 11.6 Å². The van der Waals surface area contributed by atoms with E-state index in [1.165, 1.54) is 14.0 Å². The average molecular weight is 419 g/mol. The first kappa shape index (κ1) is 22.2. The van der Waals surface area contributed by atoms with E-state index in [9.17, 15) is 14.4 Å². The lowest BCUT2D eigenvalue weighted by Gasteiger charge is -2.14. The van der Waals surface area contributed by atoms with Crippen LogP contribution in [0.25, 0.3) is 0 Å². The summed E-state index contributed by atoms with van der Waals surface area (Å²) in [6.07, 6.45) is -0.475. The summed E-state index contributed by atoms with van der Waals surface area (Å²) in [6.45, 7) is 1.80. The number of amides is 2. The van der Waals surface area contributed by atoms with E-state index in [2.05, 4.69) is 10.6 Å². The second-order valence-electron chi connectivity index (χ2n) is 6.22. The van der Waals surface area contributed by atoms with E-state index < -0.39 is 18.0 Å². The molecule has 0 fully saturated rings. The number of hydrogen-bond donors (Lipinski definition) is 2. The van der Waals surface area contributed by atoms with Crippen LogP contribution in [0.15, 0.2) is 48.5 Å². The lowest BCUT2D eigenvalue weighted by atomic mass is 10.2. The number of anilines is 1. The molecule has 0 heterocycles. The van der Waals surface area contributed by atoms with Gasteiger partial charge in [0.15, 0.2) is 6.10 Å². The number of carbonyl (C=O) groups excluding carboxylic acids is 3. The second-order valence-corrected chi connectivity index (χ2v) is 6.66. The summed E-state index contributed by atoms with van der Waals surface area (Å²) in [5.41, 5.74) is 1.03. The maximum absolute atomic E-state index is 12.2. The van der Waals surface area contributed by atoms with Gasteiger partial charge in [0.25, 0.3) is 11.8 Å². The van der Waals surface area contributed by atoms with Crippen molar-refractivity contribution in [3.8, 4) is 5.75 Å². The third-order valence-corrected chi connectivity index (χ3v) is 4.22. The molecule has 1 atom stereocenters. The summed E-state index contributed by atoms with van der Waals surface area (Å²) in [5, 5.41) is 5.93. The van der Waals surface area contributed by atoms with Crippen molar-refractivity contribution >= 4 is 35.1 Å². The van der Waals surface area contributed by atoms with Crippen LogP contribution in [0.5, 0.6) is 5.75 Å². The molecule has 154 valence electrons. The maximum Gasteiger partial charge on any atom is 0.306 e. The van der Waals surface area contributed by atoms with Crippen LogP contribution in [0.4, 0.5) is 5.69 Å². The first-order valence-electron chi connectivity index (χ1n) is 9.07. The standard InChI is InChI=1S/C21H23ClN2O5/c1-14(20(26)24-17-5-3-6-18(13-17)28-2)29-19(25)7-4-12-23-21(27)15-8-10-16(22)11-9-15/h3,5-6,8-11,13-14H,4,7,12H2,1-2H3,(H,23,27)(H,24,26)/t14-/m0/s1. The van der Waals surface area contributed by atoms with Crippen molar-refractivity contribution < 1.29 is 23.9 Å². The highest BCUT2D eigenvalue weighted by Gasteiger charge is 2.18. The monoisotopic (exact) mass is 418 g/mol. The van der Waals surface area contributed by atoms with Gasteiger partial charge in [0.1, 0.15) is 5.75 Å². The second kappa shape index (κ2) is 11.1. The van der Waals surface area contributed by atoms with Gasteiger partial charge >= 0.3 is 5.97 Å². The van der Waals surface area contributed by atoms with Crippen molar-refractivity contribution in [2.45, 2.75) is 25.9 Å². The van der Waals surface area contributed by atoms with E-state index in [1.807, 2.05) is 0 Å². The van der Waals surface area contributed by atoms with Crippen LogP contribution in [-0.4, -0.2) is 37.5 Å². The minimum Gasteiger partial charge on any atom is -0.497 e. The molecule has 0 aliphatic carbocycles. The summed E-state index contributed by atoms with van der Waals surface area (Å²) in [7, 11) is 1.53. The van der Waals surface area contributed by atoms with E-state index in [4.69, 9.17) is 21.1 Å². The molecule has 2 aromatic rings. The molecule has 7 nitrogen and oxygen atoms in total. The molecule has 0 bridgehead atoms. The number of benzene rings is 2. The highest BCUT2D eigenvalue weighted by molar-refractivity contribution is 6.30. The Morgan fingerprint density at radius 1 is 1.10 bits per heavy atom. The molecule has 8 heteroatoms. The molecule has 0 aromatic heterocycles. The van der Waals surface area contributed by atoms with Crippen molar-refractivity contribution in [2.24, 2.45) is 0 Å². The molecule has 2 aromatic carbocycles. The van der Waals surface area contributed by atoms with Crippen LogP contribution in [0.1, 0.15) is 30.1 Å². The Morgan fingerprint density at radius 3 is 2.52 bits per heavy atom. The largest absolute Gasteiger partial charge is 0.497 e. The Morgan fingerprint density at radius 2 is 1.83 bits per heavy atom. The van der Waals surface area contributed by atoms with Crippen molar-refractivity contribution in [3.05, 3.63) is 59.1 Å². The Bertz CT molecular complexity index is 854. The minimum atomic E-state index is -0.947. The van der Waals surface area contributed by atoms with Crippen LogP contribution in [0, 0.1) is 0 Å². The van der Waals surface area contributed by atoms with Crippen LogP contribution < -0.4 is 15.4 Å². The Kier molecular flexibility index (Phi) is 8.48. The predicted octanol–water partition coefficient (Wildman–Crippen LogP) is 3.43. The lowest BCUT2D eigenvalue weighted by Crippen LogP contribution is -2.30. The summed E-state index contributed by atoms with van der Waals surface area (Å²) in [5.74, 6) is -0.601. The first-order valence-corrected chi connectivity index (χ1v) is 9.45. The fourth-order valence-electron chi connectivity index (χ4n) is 2.39. The van der Waals surface area contributed by atoms with Crippen molar-refractivity contribution in [2.75, 3.05) is 19.0 Å². The zero-order chi connectivity index (χ0) is 21.2. The molecule has 2 amide bonds. The number of methoxy groups -OCH3 is 1. The zero-order valence-electron chi connectivity index (χ0n) is 16.2. The molecule has 0 spiro atoms. The Hall–Kier alpha value is -3.06. The molecular formula is C21H23ClN2O5. The van der Waals surface area contributed by atoms with Gasteiger partial charge in [-0.05, 0) is 49.7 Å². The van der Waals surface area contributed by atoms with Gasteiger partial charge in [-0.1, -0.05) is 17.7 Å². The molecule has 29 heavy (non-hydrogen) atoms. The smallest absolute Gasteiger partial charge is 0.306 e. The van der Waals surface area contributed by atoms with Gasteiger partial charge < -0.3 is 20.1 Å². The van der Waals surface area contributed by atoms with Gasteiger partial charge in [0, 0.05) is 35.3 Å². The summed E-state index contributed by atoms with van der Waals surface area (Å²) < 4.78 is 10.2. The van der Waals surface area contributed by atoms with Gasteiger partial charge in [0.05, 0.1) is 7.11 Å². The van der Waals surface area contributed by atoms with Gasteiger partial charge in [-0.3, -0.25) is 14.4 Å². The normalized spacial score (nSPS) is 11.3. The third kappa shape index (κ3) is 7.46. The number of ether oxygens (including phenoxy) is 2. The number of hydrogen-bond acceptors (Lipinski definition) is 5. The SMILES string of the molecule is COc1cccc(NC(=O)[C@H](C)OC(=O)CCCNC(=O)c2ccc(Cl)cc2)c1. The topological polar surface area (TPSA) is 93.7 Å². The van der Waals surface area contributed by atoms with Gasteiger partial charge in [-0.25, -0.2) is 0 Å². The molecule has 0 saturated heterocycles. The van der Waals surface area contributed by atoms with E-state index in [0.29, 0.717) is 35.0 Å². The quantitative estimate of drug-likeness (QED) is 0.480. The van der Waals surface area contributed by atoms with Crippen molar-refractivity contribution in [1.29, 1.82) is 0 Å². The summed E-state index contributed by atoms with van der Waals surface area (Å²) in [4.78, 5) is 36.0. The molecular weight excluding hydrogens is 396 g/mol. The maximum atomic E-state index is 12.2. The molecule has 0 saturated carbocycles. The summed E-state index contributed by atoms with van der Waals surface area (Å²) in [6, 6.07) is 13.4. The van der Waals surface area contributed by atoms with Gasteiger partial charge in [0.2, 0.25) is 0 Å². The lowest BCUT2D eigenvalue weighted by molar-refractivity contribution is -0.153. The summed E-state index contributed by atoms with van der Waals surface area (Å²) >= 11 is 5.78. The predicted molar refractivity (Wildman–Crippen MR) is 110 cm³/mol. The number of rotatable bonds is 9. The highest BCUT2D eigenvalue weighted by Crippen LogP contribution is 2.17. The van der Waals surface area contributed by atoms with Crippen LogP contribution in [0.2, 0.25) is 5.02 Å². The first-order chi connectivity index (χ1) is 13.9. The number of esters is 1. The molecule has 0 aliphatic heterocycles. The fourth-order valence-corrected chi connectivity index (χ4v) is 2.52. The Balaban J connectivity index is 1.69. The van der Waals surface area contributed by atoms with Gasteiger partial charge in [-0.2, -0.15) is 0 Å². The number of halogens is 1. The van der Waals surface area contributed by atoms with Crippen molar-refractivity contribution in [3.63, 3.8) is 0 Å². The average Bonchev–Trinajstić information content (AvgIpc) is 2.71. The zero-order valence-corrected chi connectivity index (χ0v) is 17.0. The van der Waals surface area contributed by atoms with E-state index >= 15 is 0 Å². The van der Waals surface area contributed by atoms with Gasteiger partial charge in [-0.15, -0.1) is 0 Å². The molecule has 0 unspecified atom stereocenters. The van der Waals surface area contributed by atoms with Crippen molar-refractivity contribution in [1.82, 2.24) is 5.32 Å². The van der Waals surface area contributed by atoms with E-state index in [1.54, 1.807) is 48.5 Å². The van der Waals surface area contributed by atoms with Crippen LogP contribution in [-0.2, 0) is 14.3 Å². The molecule has 0 radical (unpaired) electrons. The number of nitrogens with one attached hydrogen (secondary N) is 2. The fraction of sp³-hybridized carbons (Fsp3) is 0.286. The van der Waals surface area contributed by atoms with E-state index in [-0.39, 0.29) is 12.3 Å². The third-order valence-electron chi connectivity index (χ3n) is 3.96. The highest BCUT2D eigenvalue weighted by atomic mass is 35.5. The van der Waals surface area contributed by atoms with Crippen LogP contribution in [0.3, 0.4) is 0 Å². The molecule has 0 aliphatic rings. The Labute approximate surface area is 174 Å².